The van der Waals surface area contributed by atoms with E-state index in [0.717, 1.165) is 0 Å². The summed E-state index contributed by atoms with van der Waals surface area (Å²) < 4.78 is 5.34. The molecule has 0 aromatic carbocycles. The van der Waals surface area contributed by atoms with Crippen molar-refractivity contribution in [1.82, 2.24) is 0 Å². The SMILES string of the molecule is Cl.NC1=NC(=O)[N+](=C2OC(C[O-])=C(O)C2=O)C#C1. The van der Waals surface area contributed by atoms with E-state index in [4.69, 9.17) is 10.5 Å². The van der Waals surface area contributed by atoms with Crippen molar-refractivity contribution < 1.29 is 29.1 Å². The van der Waals surface area contributed by atoms with Gasteiger partial charge in [-0.25, -0.2) is 0 Å². The van der Waals surface area contributed by atoms with Crippen molar-refractivity contribution >= 4 is 36.0 Å². The van der Waals surface area contributed by atoms with Crippen LogP contribution in [-0.4, -0.2) is 39.8 Å². The number of ether oxygens (including phenoxy) is 1. The van der Waals surface area contributed by atoms with Crippen LogP contribution < -0.4 is 10.8 Å². The second-order valence-electron chi connectivity index (χ2n) is 3.00. The molecular formula is C9H6ClN3O5. The number of nitrogens with two attached hydrogens (primary N) is 1. The summed E-state index contributed by atoms with van der Waals surface area (Å²) in [6, 6.07) is 1.29. The number of nitrogens with zero attached hydrogens (tertiary/aromatic N) is 2. The molecule has 0 aliphatic carbocycles. The highest BCUT2D eigenvalue weighted by Gasteiger charge is 2.39. The van der Waals surface area contributed by atoms with Crippen LogP contribution in [0.2, 0.25) is 0 Å². The van der Waals surface area contributed by atoms with Crippen LogP contribution >= 0.6 is 12.4 Å². The summed E-state index contributed by atoms with van der Waals surface area (Å²) in [7, 11) is 0. The smallest absolute Gasteiger partial charge is 0.559 e. The number of amides is 2. The largest absolute Gasteiger partial charge is 0.849 e. The molecule has 2 aliphatic rings. The number of carbonyl (C=O) groups excluding carboxylic acids is 2. The minimum Gasteiger partial charge on any atom is -0.849 e. The van der Waals surface area contributed by atoms with Crippen molar-refractivity contribution in [2.24, 2.45) is 10.7 Å². The number of halogens is 1. The normalized spacial score (nSPS) is 21.9. The van der Waals surface area contributed by atoms with E-state index in [2.05, 4.69) is 17.0 Å². The van der Waals surface area contributed by atoms with Gasteiger partial charge in [-0.3, -0.25) is 4.79 Å². The number of aliphatic hydroxyl groups excluding tert-OH is 1. The molecule has 2 rings (SSSR count). The number of rotatable bonds is 1. The first-order chi connectivity index (χ1) is 8.04. The van der Waals surface area contributed by atoms with Crippen LogP contribution in [0.4, 0.5) is 4.79 Å². The highest BCUT2D eigenvalue weighted by atomic mass is 35.5. The average molecular weight is 272 g/mol. The molecule has 18 heavy (non-hydrogen) atoms. The van der Waals surface area contributed by atoms with Crippen molar-refractivity contribution in [2.45, 2.75) is 0 Å². The standard InChI is InChI=1S/C9H5N3O5.ClH/c10-5-1-2-12(9(16)11-5)8-7(15)6(14)4(3-13)17-8;/h14H,3H2,(H2,10,11,16);1H. The fourth-order valence-electron chi connectivity index (χ4n) is 1.16. The number of aliphatic imine (C=N–C) groups is 1. The molecule has 0 atom stereocenters. The number of Topliss-reactive ketones (excluding diaryl/α,β-unsaturated/α-hetero) is 1. The van der Waals surface area contributed by atoms with Gasteiger partial charge in [-0.05, 0) is 0 Å². The summed E-state index contributed by atoms with van der Waals surface area (Å²) >= 11 is 0. The maximum absolute atomic E-state index is 11.5. The Morgan fingerprint density at radius 1 is 1.50 bits per heavy atom. The van der Waals surface area contributed by atoms with Crippen molar-refractivity contribution in [3.05, 3.63) is 11.5 Å². The third-order valence-corrected chi connectivity index (χ3v) is 1.93. The van der Waals surface area contributed by atoms with Crippen molar-refractivity contribution in [2.75, 3.05) is 6.61 Å². The number of amidine groups is 1. The second-order valence-corrected chi connectivity index (χ2v) is 3.00. The summed E-state index contributed by atoms with van der Waals surface area (Å²) in [4.78, 5) is 26.1. The van der Waals surface area contributed by atoms with E-state index in [1.54, 1.807) is 0 Å². The summed E-state index contributed by atoms with van der Waals surface area (Å²) in [5, 5.41) is 19.8. The zero-order valence-electron chi connectivity index (χ0n) is 8.67. The van der Waals surface area contributed by atoms with Gasteiger partial charge in [-0.15, -0.1) is 12.4 Å². The molecule has 0 saturated heterocycles. The molecule has 0 aromatic rings. The number of ketones is 1. The third kappa shape index (κ3) is 2.04. The zero-order chi connectivity index (χ0) is 12.6. The van der Waals surface area contributed by atoms with Gasteiger partial charge in [0, 0.05) is 10.9 Å². The van der Waals surface area contributed by atoms with Crippen LogP contribution in [-0.2, 0) is 9.53 Å². The van der Waals surface area contributed by atoms with Gasteiger partial charge in [0.1, 0.15) is 11.8 Å². The van der Waals surface area contributed by atoms with E-state index in [1.807, 2.05) is 0 Å². The second kappa shape index (κ2) is 4.87. The zero-order valence-corrected chi connectivity index (χ0v) is 9.48. The molecule has 0 aromatic heterocycles. The average Bonchev–Trinajstić information content (AvgIpc) is 2.57. The maximum atomic E-state index is 11.5. The predicted molar refractivity (Wildman–Crippen MR) is 57.9 cm³/mol. The lowest BCUT2D eigenvalue weighted by Crippen LogP contribution is -2.31. The minimum atomic E-state index is -0.992. The van der Waals surface area contributed by atoms with Gasteiger partial charge in [0.05, 0.1) is 0 Å². The van der Waals surface area contributed by atoms with E-state index in [1.165, 1.54) is 0 Å². The molecule has 8 nitrogen and oxygen atoms in total. The summed E-state index contributed by atoms with van der Waals surface area (Å²) in [5.41, 5.74) is 5.19. The van der Waals surface area contributed by atoms with Gasteiger partial charge >= 0.3 is 17.7 Å². The Bertz CT molecular complexity index is 593. The lowest BCUT2D eigenvalue weighted by atomic mass is 10.3. The van der Waals surface area contributed by atoms with Crippen LogP contribution in [0.15, 0.2) is 16.5 Å². The highest BCUT2D eigenvalue weighted by molar-refractivity contribution is 6.43. The van der Waals surface area contributed by atoms with Crippen molar-refractivity contribution in [3.8, 4) is 12.0 Å². The first-order valence-corrected chi connectivity index (χ1v) is 4.34. The fraction of sp³-hybridized carbons (Fsp3) is 0.111. The lowest BCUT2D eigenvalue weighted by Gasteiger charge is -2.03. The fourth-order valence-corrected chi connectivity index (χ4v) is 1.16. The molecule has 0 saturated carbocycles. The monoisotopic (exact) mass is 271 g/mol. The van der Waals surface area contributed by atoms with Crippen LogP contribution in [0.3, 0.4) is 0 Å². The van der Waals surface area contributed by atoms with E-state index >= 15 is 0 Å². The van der Waals surface area contributed by atoms with Gasteiger partial charge in [-0.2, -0.15) is 4.79 Å². The van der Waals surface area contributed by atoms with E-state index in [9.17, 15) is 19.8 Å². The van der Waals surface area contributed by atoms with E-state index < -0.39 is 35.8 Å². The molecule has 0 fully saturated rings. The molecule has 2 aliphatic heterocycles. The Balaban J connectivity index is 0.00000162. The number of carbonyl (C=O) groups is 2. The minimum absolute atomic E-state index is 0. The molecule has 3 N–H and O–H groups in total. The first-order valence-electron chi connectivity index (χ1n) is 4.34. The molecule has 2 amide bonds. The Morgan fingerprint density at radius 2 is 2.17 bits per heavy atom. The summed E-state index contributed by atoms with van der Waals surface area (Å²) in [5.74, 6) is -0.779. The van der Waals surface area contributed by atoms with E-state index in [-0.39, 0.29) is 18.2 Å². The first kappa shape index (κ1) is 13.7. The number of aliphatic hydroxyl groups is 1. The van der Waals surface area contributed by atoms with Gasteiger partial charge < -0.3 is 20.7 Å². The topological polar surface area (TPSA) is 128 Å². The van der Waals surface area contributed by atoms with Gasteiger partial charge in [0.2, 0.25) is 5.76 Å². The number of urea groups is 1. The summed E-state index contributed by atoms with van der Waals surface area (Å²) in [6.45, 7) is -0.929. The molecule has 0 radical (unpaired) electrons. The maximum Gasteiger partial charge on any atom is 0.559 e. The molecule has 0 spiro atoms. The van der Waals surface area contributed by atoms with Gasteiger partial charge in [0.25, 0.3) is 5.84 Å². The Hall–Kier alpha value is -2.37. The van der Waals surface area contributed by atoms with Crippen LogP contribution in [0.1, 0.15) is 0 Å². The number of hydrogen-bond donors (Lipinski definition) is 2. The van der Waals surface area contributed by atoms with Gasteiger partial charge in [-0.1, -0.05) is 11.2 Å². The van der Waals surface area contributed by atoms with Crippen LogP contribution in [0.5, 0.6) is 0 Å². The lowest BCUT2D eigenvalue weighted by molar-refractivity contribution is -0.365. The quantitative estimate of drug-likeness (QED) is 0.419. The highest BCUT2D eigenvalue weighted by Crippen LogP contribution is 2.15. The summed E-state index contributed by atoms with van der Waals surface area (Å²) in [6.07, 6.45) is 0. The van der Waals surface area contributed by atoms with Crippen LogP contribution in [0, 0.1) is 12.0 Å². The Morgan fingerprint density at radius 3 is 2.67 bits per heavy atom. The molecule has 9 heteroatoms. The molecule has 0 unspecified atom stereocenters. The number of hydrogen-bond acceptors (Lipinski definition) is 6. The Kier molecular flexibility index (Phi) is 3.70. The molecular weight excluding hydrogens is 266 g/mol. The van der Waals surface area contributed by atoms with E-state index in [0.29, 0.717) is 4.58 Å². The van der Waals surface area contributed by atoms with Crippen molar-refractivity contribution in [1.29, 1.82) is 0 Å². The van der Waals surface area contributed by atoms with Crippen LogP contribution in [0.25, 0.3) is 0 Å². The Labute approximate surface area is 106 Å². The van der Waals surface area contributed by atoms with Gasteiger partial charge in [0.15, 0.2) is 0 Å². The molecule has 2 heterocycles. The third-order valence-electron chi connectivity index (χ3n) is 1.93. The molecule has 94 valence electrons. The predicted octanol–water partition coefficient (Wildman–Crippen LogP) is -2.00. The molecule has 0 bridgehead atoms. The van der Waals surface area contributed by atoms with Crippen molar-refractivity contribution in [3.63, 3.8) is 0 Å².